The van der Waals surface area contributed by atoms with Gasteiger partial charge in [0.05, 0.1) is 0 Å². The standard InChI is InChI=1S/C16H17N/c1-12-6-7-15-11-17-16-5-3-2-4-13(16)8-9-14(15)10-12/h2-7,10,17H,8-9,11H2,1H3. The Morgan fingerprint density at radius 1 is 0.882 bits per heavy atom. The summed E-state index contributed by atoms with van der Waals surface area (Å²) in [4.78, 5) is 0. The fourth-order valence-corrected chi connectivity index (χ4v) is 2.53. The van der Waals surface area contributed by atoms with Crippen LogP contribution in [0.3, 0.4) is 0 Å². The zero-order valence-corrected chi connectivity index (χ0v) is 10.2. The van der Waals surface area contributed by atoms with E-state index in [0.717, 1.165) is 19.4 Å². The molecule has 1 heteroatoms. The van der Waals surface area contributed by atoms with Crippen molar-refractivity contribution in [3.8, 4) is 0 Å². The maximum Gasteiger partial charge on any atom is 0.0403 e. The van der Waals surface area contributed by atoms with Crippen LogP contribution >= 0.6 is 0 Å². The minimum absolute atomic E-state index is 0.937. The van der Waals surface area contributed by atoms with E-state index in [-0.39, 0.29) is 0 Å². The van der Waals surface area contributed by atoms with Crippen LogP contribution in [0.25, 0.3) is 0 Å². The number of anilines is 1. The molecule has 3 rings (SSSR count). The van der Waals surface area contributed by atoms with Crippen molar-refractivity contribution in [2.45, 2.75) is 26.3 Å². The molecule has 0 atom stereocenters. The van der Waals surface area contributed by atoms with Crippen molar-refractivity contribution in [1.82, 2.24) is 0 Å². The van der Waals surface area contributed by atoms with Gasteiger partial charge in [-0.25, -0.2) is 0 Å². The Kier molecular flexibility index (Phi) is 2.60. The highest BCUT2D eigenvalue weighted by Gasteiger charge is 2.10. The summed E-state index contributed by atoms with van der Waals surface area (Å²) in [6, 6.07) is 15.4. The van der Waals surface area contributed by atoms with E-state index in [2.05, 4.69) is 54.7 Å². The Hall–Kier alpha value is -1.76. The molecule has 0 aliphatic carbocycles. The van der Waals surface area contributed by atoms with Crippen LogP contribution in [0.4, 0.5) is 5.69 Å². The highest BCUT2D eigenvalue weighted by Crippen LogP contribution is 2.23. The lowest BCUT2D eigenvalue weighted by Gasteiger charge is -2.19. The molecular formula is C16H17N. The van der Waals surface area contributed by atoms with Gasteiger partial charge in [-0.05, 0) is 42.5 Å². The lowest BCUT2D eigenvalue weighted by molar-refractivity contribution is 0.909. The van der Waals surface area contributed by atoms with Crippen LogP contribution in [0.1, 0.15) is 22.3 Å². The van der Waals surface area contributed by atoms with Crippen LogP contribution < -0.4 is 5.32 Å². The Balaban J connectivity index is 1.97. The molecule has 0 saturated heterocycles. The summed E-state index contributed by atoms with van der Waals surface area (Å²) in [6.45, 7) is 3.10. The number of benzene rings is 2. The normalized spacial score (nSPS) is 13.9. The summed E-state index contributed by atoms with van der Waals surface area (Å²) in [5.74, 6) is 0. The van der Waals surface area contributed by atoms with Crippen molar-refractivity contribution < 1.29 is 0 Å². The van der Waals surface area contributed by atoms with Gasteiger partial charge in [0.15, 0.2) is 0 Å². The molecule has 0 saturated carbocycles. The number of nitrogens with one attached hydrogen (secondary N) is 1. The molecule has 17 heavy (non-hydrogen) atoms. The Bertz CT molecular complexity index is 543. The van der Waals surface area contributed by atoms with E-state index in [0.29, 0.717) is 0 Å². The first-order valence-electron chi connectivity index (χ1n) is 6.23. The monoisotopic (exact) mass is 223 g/mol. The smallest absolute Gasteiger partial charge is 0.0403 e. The summed E-state index contributed by atoms with van der Waals surface area (Å²) in [7, 11) is 0. The summed E-state index contributed by atoms with van der Waals surface area (Å²) < 4.78 is 0. The molecule has 0 bridgehead atoms. The van der Waals surface area contributed by atoms with Crippen molar-refractivity contribution >= 4 is 5.69 Å². The fraction of sp³-hybridized carbons (Fsp3) is 0.250. The number of hydrogen-bond acceptors (Lipinski definition) is 1. The van der Waals surface area contributed by atoms with E-state index >= 15 is 0 Å². The number of hydrogen-bond donors (Lipinski definition) is 1. The van der Waals surface area contributed by atoms with Gasteiger partial charge in [0.2, 0.25) is 0 Å². The maximum absolute atomic E-state index is 3.54. The first-order valence-corrected chi connectivity index (χ1v) is 6.23. The molecule has 0 amide bonds. The molecule has 1 heterocycles. The highest BCUT2D eigenvalue weighted by atomic mass is 14.9. The first-order chi connectivity index (χ1) is 8.33. The highest BCUT2D eigenvalue weighted by molar-refractivity contribution is 5.53. The lowest BCUT2D eigenvalue weighted by atomic mass is 9.95. The van der Waals surface area contributed by atoms with Gasteiger partial charge in [-0.15, -0.1) is 0 Å². The van der Waals surface area contributed by atoms with Gasteiger partial charge in [-0.3, -0.25) is 0 Å². The van der Waals surface area contributed by atoms with Crippen LogP contribution in [0, 0.1) is 6.92 Å². The van der Waals surface area contributed by atoms with E-state index in [9.17, 15) is 0 Å². The largest absolute Gasteiger partial charge is 0.381 e. The van der Waals surface area contributed by atoms with Crippen LogP contribution in [0.2, 0.25) is 0 Å². The van der Waals surface area contributed by atoms with Crippen molar-refractivity contribution in [3.63, 3.8) is 0 Å². The molecular weight excluding hydrogens is 206 g/mol. The minimum atomic E-state index is 0.937. The molecule has 0 spiro atoms. The van der Waals surface area contributed by atoms with E-state index in [1.807, 2.05) is 0 Å². The second-order valence-electron chi connectivity index (χ2n) is 4.78. The third-order valence-electron chi connectivity index (χ3n) is 3.51. The molecule has 0 unspecified atom stereocenters. The van der Waals surface area contributed by atoms with Gasteiger partial charge in [-0.1, -0.05) is 42.0 Å². The Morgan fingerprint density at radius 3 is 2.65 bits per heavy atom. The molecule has 1 aliphatic rings. The zero-order valence-electron chi connectivity index (χ0n) is 10.2. The third-order valence-corrected chi connectivity index (χ3v) is 3.51. The van der Waals surface area contributed by atoms with Crippen LogP contribution in [-0.2, 0) is 19.4 Å². The summed E-state index contributed by atoms with van der Waals surface area (Å²) in [5, 5.41) is 3.54. The second-order valence-corrected chi connectivity index (χ2v) is 4.78. The van der Waals surface area contributed by atoms with E-state index in [4.69, 9.17) is 0 Å². The topological polar surface area (TPSA) is 12.0 Å². The van der Waals surface area contributed by atoms with Gasteiger partial charge in [0, 0.05) is 12.2 Å². The summed E-state index contributed by atoms with van der Waals surface area (Å²) in [6.07, 6.45) is 2.27. The predicted octanol–water partition coefficient (Wildman–Crippen LogP) is 3.71. The molecule has 2 aromatic rings. The van der Waals surface area contributed by atoms with E-state index in [1.54, 1.807) is 0 Å². The molecule has 86 valence electrons. The number of para-hydroxylation sites is 1. The van der Waals surface area contributed by atoms with Crippen LogP contribution in [0.5, 0.6) is 0 Å². The van der Waals surface area contributed by atoms with Gasteiger partial charge >= 0.3 is 0 Å². The van der Waals surface area contributed by atoms with Crippen molar-refractivity contribution in [2.24, 2.45) is 0 Å². The van der Waals surface area contributed by atoms with Gasteiger partial charge in [-0.2, -0.15) is 0 Å². The first kappa shape index (κ1) is 10.4. The average Bonchev–Trinajstić information content (AvgIpc) is 2.33. The van der Waals surface area contributed by atoms with Gasteiger partial charge < -0.3 is 5.32 Å². The average molecular weight is 223 g/mol. The van der Waals surface area contributed by atoms with Gasteiger partial charge in [0.25, 0.3) is 0 Å². The Morgan fingerprint density at radius 2 is 1.71 bits per heavy atom. The molecule has 0 aromatic heterocycles. The quantitative estimate of drug-likeness (QED) is 0.718. The summed E-state index contributed by atoms with van der Waals surface area (Å²) >= 11 is 0. The van der Waals surface area contributed by atoms with E-state index in [1.165, 1.54) is 27.9 Å². The van der Waals surface area contributed by atoms with Crippen molar-refractivity contribution in [2.75, 3.05) is 5.32 Å². The second kappa shape index (κ2) is 4.25. The zero-order chi connectivity index (χ0) is 11.7. The molecule has 1 nitrogen and oxygen atoms in total. The summed E-state index contributed by atoms with van der Waals surface area (Å²) in [5.41, 5.74) is 7.01. The van der Waals surface area contributed by atoms with Gasteiger partial charge in [0.1, 0.15) is 0 Å². The SMILES string of the molecule is Cc1ccc2c(c1)CCc1ccccc1NC2. The van der Waals surface area contributed by atoms with Crippen LogP contribution in [-0.4, -0.2) is 0 Å². The van der Waals surface area contributed by atoms with Crippen LogP contribution in [0.15, 0.2) is 42.5 Å². The molecule has 1 aliphatic heterocycles. The van der Waals surface area contributed by atoms with E-state index < -0.39 is 0 Å². The maximum atomic E-state index is 3.54. The minimum Gasteiger partial charge on any atom is -0.381 e. The number of fused-ring (bicyclic) bond motifs is 2. The predicted molar refractivity (Wildman–Crippen MR) is 72.4 cm³/mol. The molecule has 0 radical (unpaired) electrons. The molecule has 2 aromatic carbocycles. The number of aryl methyl sites for hydroxylation is 3. The lowest BCUT2D eigenvalue weighted by Crippen LogP contribution is -2.10. The number of rotatable bonds is 0. The third kappa shape index (κ3) is 2.05. The molecule has 0 fully saturated rings. The molecule has 1 N–H and O–H groups in total. The van der Waals surface area contributed by atoms with Crippen molar-refractivity contribution in [1.29, 1.82) is 0 Å². The van der Waals surface area contributed by atoms with Crippen molar-refractivity contribution in [3.05, 3.63) is 64.7 Å². The fourth-order valence-electron chi connectivity index (χ4n) is 2.53. The Labute approximate surface area is 102 Å².